The van der Waals surface area contributed by atoms with Gasteiger partial charge in [-0.15, -0.1) is 0 Å². The van der Waals surface area contributed by atoms with Crippen LogP contribution in [0.4, 0.5) is 0 Å². The molecule has 3 heteroatoms. The van der Waals surface area contributed by atoms with Crippen LogP contribution < -0.4 is 9.47 Å². The summed E-state index contributed by atoms with van der Waals surface area (Å²) in [6.45, 7) is 6.05. The van der Waals surface area contributed by atoms with Gasteiger partial charge in [-0.25, -0.2) is 0 Å². The van der Waals surface area contributed by atoms with Crippen LogP contribution >= 0.6 is 0 Å². The summed E-state index contributed by atoms with van der Waals surface area (Å²) in [5.74, 6) is 3.21. The molecule has 0 heterocycles. The van der Waals surface area contributed by atoms with Gasteiger partial charge in [-0.1, -0.05) is 63.1 Å². The summed E-state index contributed by atoms with van der Waals surface area (Å²) in [5, 5.41) is 0. The van der Waals surface area contributed by atoms with Gasteiger partial charge >= 0.3 is 0 Å². The van der Waals surface area contributed by atoms with Gasteiger partial charge in [0.1, 0.15) is 11.5 Å². The van der Waals surface area contributed by atoms with Gasteiger partial charge in [0.15, 0.2) is 5.78 Å². The fourth-order valence-electron chi connectivity index (χ4n) is 5.83. The van der Waals surface area contributed by atoms with Crippen molar-refractivity contribution < 1.29 is 14.3 Å². The molecule has 0 aromatic heterocycles. The normalized spacial score (nSPS) is 18.2. The lowest BCUT2D eigenvalue weighted by Crippen LogP contribution is -2.13. The summed E-state index contributed by atoms with van der Waals surface area (Å²) < 4.78 is 11.8. The van der Waals surface area contributed by atoms with E-state index in [-0.39, 0.29) is 12.6 Å². The molecule has 0 atom stereocenters. The molecular weight excluding hydrogens is 444 g/mol. The zero-order chi connectivity index (χ0) is 24.9. The summed E-state index contributed by atoms with van der Waals surface area (Å²) in [6.07, 6.45) is 11.6. The summed E-state index contributed by atoms with van der Waals surface area (Å²) in [4.78, 5) is 12.0. The summed E-state index contributed by atoms with van der Waals surface area (Å²) in [7, 11) is 0. The zero-order valence-electron chi connectivity index (χ0n) is 21.3. The number of benzene rings is 3. The van der Waals surface area contributed by atoms with Gasteiger partial charge in [-0.3, -0.25) is 4.79 Å². The average Bonchev–Trinajstić information content (AvgIpc) is 3.29. The van der Waals surface area contributed by atoms with Gasteiger partial charge < -0.3 is 9.47 Å². The number of carbonyl (C=O) groups is 1. The lowest BCUT2D eigenvalue weighted by atomic mass is 9.77. The van der Waals surface area contributed by atoms with Crippen molar-refractivity contribution in [2.45, 2.75) is 64.2 Å². The highest BCUT2D eigenvalue weighted by molar-refractivity contribution is 6.04. The van der Waals surface area contributed by atoms with Gasteiger partial charge in [-0.05, 0) is 108 Å². The predicted octanol–water partition coefficient (Wildman–Crippen LogP) is 8.51. The van der Waals surface area contributed by atoms with Crippen LogP contribution in [0.2, 0.25) is 0 Å². The molecule has 0 aliphatic heterocycles. The maximum absolute atomic E-state index is 12.0. The first-order valence-electron chi connectivity index (χ1n) is 13.4. The highest BCUT2D eigenvalue weighted by Gasteiger charge is 2.22. The first-order chi connectivity index (χ1) is 17.6. The number of hydrogen-bond donors (Lipinski definition) is 0. The molecule has 0 N–H and O–H groups in total. The lowest BCUT2D eigenvalue weighted by Gasteiger charge is -2.28. The molecule has 0 unspecified atom stereocenters. The van der Waals surface area contributed by atoms with E-state index in [4.69, 9.17) is 9.47 Å². The third-order valence-corrected chi connectivity index (χ3v) is 7.94. The van der Waals surface area contributed by atoms with Crippen molar-refractivity contribution in [1.82, 2.24) is 0 Å². The van der Waals surface area contributed by atoms with Crippen LogP contribution in [0.25, 0.3) is 11.1 Å². The van der Waals surface area contributed by atoms with Crippen LogP contribution in [0.5, 0.6) is 11.5 Å². The largest absolute Gasteiger partial charge is 0.458 e. The maximum Gasteiger partial charge on any atom is 0.230 e. The fourth-order valence-corrected chi connectivity index (χ4v) is 5.83. The Bertz CT molecular complexity index is 1220. The molecule has 3 aromatic rings. The topological polar surface area (TPSA) is 35.5 Å². The van der Waals surface area contributed by atoms with Crippen LogP contribution in [-0.2, 0) is 6.42 Å². The van der Waals surface area contributed by atoms with E-state index < -0.39 is 0 Å². The Balaban J connectivity index is 1.12. The molecule has 2 aliphatic rings. The Hall–Kier alpha value is -3.33. The van der Waals surface area contributed by atoms with Crippen molar-refractivity contribution in [3.8, 4) is 22.6 Å². The maximum atomic E-state index is 12.0. The molecule has 3 nitrogen and oxygen atoms in total. The minimum absolute atomic E-state index is 0.0438. The number of carbonyl (C=O) groups excluding carboxylic acids is 1. The Labute approximate surface area is 215 Å². The molecule has 5 rings (SSSR count). The minimum atomic E-state index is -0.0438. The fraction of sp³-hybridized carbons (Fsp3) is 0.364. The number of ether oxygens (including phenoxy) is 2. The van der Waals surface area contributed by atoms with E-state index in [0.717, 1.165) is 23.8 Å². The van der Waals surface area contributed by atoms with E-state index in [0.29, 0.717) is 11.5 Å². The van der Waals surface area contributed by atoms with Crippen LogP contribution in [0.1, 0.15) is 84.8 Å². The number of rotatable bonds is 10. The molecule has 0 bridgehead atoms. The van der Waals surface area contributed by atoms with Crippen molar-refractivity contribution >= 4 is 5.78 Å². The third-order valence-electron chi connectivity index (χ3n) is 7.94. The summed E-state index contributed by atoms with van der Waals surface area (Å²) in [5.41, 5.74) is 6.88. The molecule has 0 spiro atoms. The van der Waals surface area contributed by atoms with Crippen LogP contribution in [0.15, 0.2) is 73.3 Å². The molecule has 0 saturated heterocycles. The monoisotopic (exact) mass is 480 g/mol. The van der Waals surface area contributed by atoms with Gasteiger partial charge in [-0.2, -0.15) is 0 Å². The number of hydrogen-bond acceptors (Lipinski definition) is 3. The first-order valence-corrected chi connectivity index (χ1v) is 13.4. The highest BCUT2D eigenvalue weighted by Crippen LogP contribution is 2.39. The molecule has 36 heavy (non-hydrogen) atoms. The molecule has 1 saturated carbocycles. The van der Waals surface area contributed by atoms with Gasteiger partial charge in [0.25, 0.3) is 0 Å². The van der Waals surface area contributed by atoms with Crippen molar-refractivity contribution in [2.24, 2.45) is 5.92 Å². The van der Waals surface area contributed by atoms with Crippen LogP contribution in [-0.4, -0.2) is 12.6 Å². The molecule has 186 valence electrons. The van der Waals surface area contributed by atoms with Crippen molar-refractivity contribution in [2.75, 3.05) is 6.79 Å². The van der Waals surface area contributed by atoms with Crippen molar-refractivity contribution in [3.63, 3.8) is 0 Å². The molecule has 1 fully saturated rings. The van der Waals surface area contributed by atoms with Crippen LogP contribution in [0, 0.1) is 5.92 Å². The molecule has 0 amide bonds. The van der Waals surface area contributed by atoms with Crippen molar-refractivity contribution in [1.29, 1.82) is 0 Å². The van der Waals surface area contributed by atoms with Crippen LogP contribution in [0.3, 0.4) is 0 Å². The number of fused-ring (bicyclic) bond motifs is 3. The minimum Gasteiger partial charge on any atom is -0.458 e. The molecular formula is C33H36O3. The molecule has 3 aromatic carbocycles. The smallest absolute Gasteiger partial charge is 0.230 e. The quantitative estimate of drug-likeness (QED) is 0.130. The predicted molar refractivity (Wildman–Crippen MR) is 146 cm³/mol. The highest BCUT2D eigenvalue weighted by atomic mass is 16.7. The van der Waals surface area contributed by atoms with E-state index in [1.165, 1.54) is 78.8 Å². The molecule has 0 radical (unpaired) electrons. The number of ketones is 1. The Morgan fingerprint density at radius 2 is 1.56 bits per heavy atom. The van der Waals surface area contributed by atoms with E-state index in [2.05, 4.69) is 49.9 Å². The van der Waals surface area contributed by atoms with Crippen molar-refractivity contribution in [3.05, 3.63) is 95.6 Å². The number of allylic oxidation sites excluding steroid dienone is 1. The summed E-state index contributed by atoms with van der Waals surface area (Å²) in [6, 6.07) is 20.6. The van der Waals surface area contributed by atoms with E-state index in [1.54, 1.807) is 0 Å². The Morgan fingerprint density at radius 3 is 2.28 bits per heavy atom. The zero-order valence-corrected chi connectivity index (χ0v) is 21.3. The average molecular weight is 481 g/mol. The van der Waals surface area contributed by atoms with Gasteiger partial charge in [0.2, 0.25) is 6.79 Å². The second-order valence-electron chi connectivity index (χ2n) is 10.3. The van der Waals surface area contributed by atoms with E-state index in [1.807, 2.05) is 24.3 Å². The number of unbranched alkanes of at least 4 members (excludes halogenated alkanes) is 1. The van der Waals surface area contributed by atoms with E-state index in [9.17, 15) is 4.79 Å². The summed E-state index contributed by atoms with van der Waals surface area (Å²) >= 11 is 0. The molecule has 2 aliphatic carbocycles. The first kappa shape index (κ1) is 24.4. The SMILES string of the molecule is C=CC(=O)c1ccc2c(c1)Cc1cc(OCOc3ccc(C4CCC(CCCC)CC4)cc3)ccc1-2. The Kier molecular flexibility index (Phi) is 7.55. The third kappa shape index (κ3) is 5.41. The standard InChI is InChI=1S/C33H36O3/c1-3-5-6-23-7-9-24(10-8-23)25-11-14-29(15-12-25)35-22-36-30-16-18-32-28(21-30)20-27-19-26(33(34)4-2)13-17-31(27)32/h4,11-19,21,23-24H,2-3,5-10,20,22H2,1H3. The van der Waals surface area contributed by atoms with Gasteiger partial charge in [0.05, 0.1) is 0 Å². The second-order valence-corrected chi connectivity index (χ2v) is 10.3. The second kappa shape index (κ2) is 11.2. The van der Waals surface area contributed by atoms with Gasteiger partial charge in [0, 0.05) is 5.56 Å². The van der Waals surface area contributed by atoms with E-state index >= 15 is 0 Å². The lowest BCUT2D eigenvalue weighted by molar-refractivity contribution is 0.104. The Morgan fingerprint density at radius 1 is 0.889 bits per heavy atom.